The number of rotatable bonds is 5. The molecule has 0 saturated carbocycles. The van der Waals surface area contributed by atoms with Gasteiger partial charge >= 0.3 is 0 Å². The second-order valence-corrected chi connectivity index (χ2v) is 4.58. The highest BCUT2D eigenvalue weighted by molar-refractivity contribution is 5.94. The van der Waals surface area contributed by atoms with Crippen LogP contribution >= 0.6 is 0 Å². The summed E-state index contributed by atoms with van der Waals surface area (Å²) < 4.78 is 4.81. The molecule has 0 bridgehead atoms. The van der Waals surface area contributed by atoms with Crippen LogP contribution in [0.1, 0.15) is 29.6 Å². The van der Waals surface area contributed by atoms with Gasteiger partial charge in [-0.15, -0.1) is 0 Å². The Morgan fingerprint density at radius 2 is 2.37 bits per heavy atom. The molecule has 19 heavy (non-hydrogen) atoms. The monoisotopic (exact) mass is 266 g/mol. The Bertz CT molecular complexity index is 430. The fourth-order valence-corrected chi connectivity index (χ4v) is 2.28. The van der Waals surface area contributed by atoms with E-state index in [1.54, 1.807) is 11.0 Å². The van der Waals surface area contributed by atoms with Crippen LogP contribution in [0.4, 0.5) is 0 Å². The molecule has 0 unspecified atom stereocenters. The number of carbonyl (C=O) groups excluding carboxylic acids is 2. The van der Waals surface area contributed by atoms with Crippen LogP contribution in [0.15, 0.2) is 23.0 Å². The molecule has 6 heteroatoms. The molecule has 1 aliphatic heterocycles. The van der Waals surface area contributed by atoms with Gasteiger partial charge in [-0.1, -0.05) is 0 Å². The molecule has 0 radical (unpaired) electrons. The Labute approximate surface area is 111 Å². The number of amides is 2. The van der Waals surface area contributed by atoms with Gasteiger partial charge in [0.15, 0.2) is 0 Å². The van der Waals surface area contributed by atoms with Crippen LogP contribution in [-0.2, 0) is 4.79 Å². The predicted molar refractivity (Wildman–Crippen MR) is 67.5 cm³/mol. The Morgan fingerprint density at radius 1 is 1.53 bits per heavy atom. The molecule has 0 aliphatic carbocycles. The van der Waals surface area contributed by atoms with Crippen molar-refractivity contribution in [3.8, 4) is 0 Å². The van der Waals surface area contributed by atoms with Gasteiger partial charge in [0.1, 0.15) is 6.26 Å². The Hall–Kier alpha value is -1.82. The summed E-state index contributed by atoms with van der Waals surface area (Å²) in [5.74, 6) is -0.272. The van der Waals surface area contributed by atoms with Crippen molar-refractivity contribution in [2.24, 2.45) is 0 Å². The molecule has 1 aromatic heterocycles. The summed E-state index contributed by atoms with van der Waals surface area (Å²) >= 11 is 0. The lowest BCUT2D eigenvalue weighted by Crippen LogP contribution is -2.39. The molecule has 104 valence electrons. The summed E-state index contributed by atoms with van der Waals surface area (Å²) in [6.45, 7) is 0.990. The summed E-state index contributed by atoms with van der Waals surface area (Å²) in [5.41, 5.74) is 0.446. The standard InChI is InChI=1S/C13H18N2O4/c16-8-11-2-1-6-15(11)12(17)3-5-14-13(18)10-4-7-19-9-10/h4,7,9,11,16H,1-3,5-6,8H2,(H,14,18)/t11-/m1/s1. The van der Waals surface area contributed by atoms with Crippen LogP contribution in [0.2, 0.25) is 0 Å². The van der Waals surface area contributed by atoms with Gasteiger partial charge in [0, 0.05) is 19.5 Å². The molecule has 1 aromatic rings. The average molecular weight is 266 g/mol. The maximum absolute atomic E-state index is 11.9. The number of aliphatic hydroxyl groups is 1. The number of furan rings is 1. The van der Waals surface area contributed by atoms with Gasteiger partial charge < -0.3 is 19.7 Å². The highest BCUT2D eigenvalue weighted by atomic mass is 16.3. The van der Waals surface area contributed by atoms with Crippen LogP contribution in [0, 0.1) is 0 Å². The lowest BCUT2D eigenvalue weighted by atomic mass is 10.2. The summed E-state index contributed by atoms with van der Waals surface area (Å²) in [5, 5.41) is 11.8. The Morgan fingerprint density at radius 3 is 3.05 bits per heavy atom. The molecule has 1 aliphatic rings. The Balaban J connectivity index is 1.73. The van der Waals surface area contributed by atoms with Crippen molar-refractivity contribution in [3.05, 3.63) is 24.2 Å². The molecule has 1 fully saturated rings. The first-order valence-corrected chi connectivity index (χ1v) is 6.43. The van der Waals surface area contributed by atoms with Crippen LogP contribution in [0.5, 0.6) is 0 Å². The minimum Gasteiger partial charge on any atom is -0.472 e. The molecule has 0 spiro atoms. The third-order valence-corrected chi connectivity index (χ3v) is 3.32. The summed E-state index contributed by atoms with van der Waals surface area (Å²) in [4.78, 5) is 25.2. The molecule has 2 heterocycles. The van der Waals surface area contributed by atoms with Gasteiger partial charge in [0.25, 0.3) is 5.91 Å². The molecule has 0 aromatic carbocycles. The maximum atomic E-state index is 11.9. The van der Waals surface area contributed by atoms with Crippen molar-refractivity contribution < 1.29 is 19.1 Å². The van der Waals surface area contributed by atoms with Crippen molar-refractivity contribution in [3.63, 3.8) is 0 Å². The zero-order valence-electron chi connectivity index (χ0n) is 10.7. The van der Waals surface area contributed by atoms with E-state index in [1.807, 2.05) is 0 Å². The van der Waals surface area contributed by atoms with Gasteiger partial charge in [0.2, 0.25) is 5.91 Å². The van der Waals surface area contributed by atoms with Crippen molar-refractivity contribution >= 4 is 11.8 Å². The van der Waals surface area contributed by atoms with E-state index in [0.717, 1.165) is 12.8 Å². The van der Waals surface area contributed by atoms with Crippen LogP contribution in [0.25, 0.3) is 0 Å². The second-order valence-electron chi connectivity index (χ2n) is 4.58. The minimum absolute atomic E-state index is 0.00706. The third kappa shape index (κ3) is 3.35. The Kier molecular flexibility index (Phi) is 4.57. The number of likely N-dealkylation sites (tertiary alicyclic amines) is 1. The van der Waals surface area contributed by atoms with E-state index in [9.17, 15) is 9.59 Å². The molecule has 2 amide bonds. The highest BCUT2D eigenvalue weighted by Crippen LogP contribution is 2.17. The van der Waals surface area contributed by atoms with Gasteiger partial charge in [-0.3, -0.25) is 9.59 Å². The van der Waals surface area contributed by atoms with Crippen LogP contribution < -0.4 is 5.32 Å². The number of hydrogen-bond acceptors (Lipinski definition) is 4. The third-order valence-electron chi connectivity index (χ3n) is 3.32. The fourth-order valence-electron chi connectivity index (χ4n) is 2.28. The lowest BCUT2D eigenvalue weighted by molar-refractivity contribution is -0.132. The molecule has 1 saturated heterocycles. The summed E-state index contributed by atoms with van der Waals surface area (Å²) in [6, 6.07) is 1.51. The first kappa shape index (κ1) is 13.6. The lowest BCUT2D eigenvalue weighted by Gasteiger charge is -2.23. The van der Waals surface area contributed by atoms with E-state index in [2.05, 4.69) is 5.32 Å². The predicted octanol–water partition coefficient (Wildman–Crippen LogP) is 0.383. The molecule has 1 atom stereocenters. The SMILES string of the molecule is O=C(NCCC(=O)N1CCC[C@@H]1CO)c1ccoc1. The van der Waals surface area contributed by atoms with Gasteiger partial charge in [-0.2, -0.15) is 0 Å². The zero-order chi connectivity index (χ0) is 13.7. The van der Waals surface area contributed by atoms with Crippen LogP contribution in [0.3, 0.4) is 0 Å². The van der Waals surface area contributed by atoms with E-state index >= 15 is 0 Å². The van der Waals surface area contributed by atoms with Crippen molar-refractivity contribution in [2.45, 2.75) is 25.3 Å². The maximum Gasteiger partial charge on any atom is 0.254 e. The number of nitrogens with one attached hydrogen (secondary N) is 1. The summed E-state index contributed by atoms with van der Waals surface area (Å²) in [7, 11) is 0. The van der Waals surface area contributed by atoms with E-state index in [4.69, 9.17) is 9.52 Å². The van der Waals surface area contributed by atoms with Gasteiger partial charge in [-0.25, -0.2) is 0 Å². The van der Waals surface area contributed by atoms with E-state index < -0.39 is 0 Å². The molecule has 2 rings (SSSR count). The van der Waals surface area contributed by atoms with Gasteiger partial charge in [-0.05, 0) is 18.9 Å². The average Bonchev–Trinajstić information content (AvgIpc) is 3.09. The first-order valence-electron chi connectivity index (χ1n) is 6.43. The highest BCUT2D eigenvalue weighted by Gasteiger charge is 2.27. The van der Waals surface area contributed by atoms with Crippen molar-refractivity contribution in [1.82, 2.24) is 10.2 Å². The van der Waals surface area contributed by atoms with E-state index in [1.165, 1.54) is 12.5 Å². The minimum atomic E-state index is -0.248. The fraction of sp³-hybridized carbons (Fsp3) is 0.538. The second kappa shape index (κ2) is 6.38. The molecular formula is C13H18N2O4. The number of hydrogen-bond donors (Lipinski definition) is 2. The number of carbonyl (C=O) groups is 2. The van der Waals surface area contributed by atoms with E-state index in [-0.39, 0.29) is 37.4 Å². The summed E-state index contributed by atoms with van der Waals surface area (Å²) in [6.07, 6.45) is 4.82. The molecule has 6 nitrogen and oxygen atoms in total. The molecule has 2 N–H and O–H groups in total. The largest absolute Gasteiger partial charge is 0.472 e. The smallest absolute Gasteiger partial charge is 0.254 e. The van der Waals surface area contributed by atoms with Crippen molar-refractivity contribution in [2.75, 3.05) is 19.7 Å². The van der Waals surface area contributed by atoms with Crippen molar-refractivity contribution in [1.29, 1.82) is 0 Å². The normalized spacial score (nSPS) is 18.6. The molecular weight excluding hydrogens is 248 g/mol. The van der Waals surface area contributed by atoms with Crippen LogP contribution in [-0.4, -0.2) is 47.6 Å². The van der Waals surface area contributed by atoms with Gasteiger partial charge in [0.05, 0.1) is 24.5 Å². The topological polar surface area (TPSA) is 82.8 Å². The quantitative estimate of drug-likeness (QED) is 0.807. The number of nitrogens with zero attached hydrogens (tertiary/aromatic N) is 1. The van der Waals surface area contributed by atoms with E-state index in [0.29, 0.717) is 12.1 Å². The first-order chi connectivity index (χ1) is 9.22. The number of aliphatic hydroxyl groups excluding tert-OH is 1. The zero-order valence-corrected chi connectivity index (χ0v) is 10.7.